The molecular formula is C24H23Cl2NO3S. The van der Waals surface area contributed by atoms with Gasteiger partial charge in [-0.15, -0.1) is 11.3 Å². The molecule has 4 nitrogen and oxygen atoms in total. The summed E-state index contributed by atoms with van der Waals surface area (Å²) in [4.78, 5) is 16.5. The van der Waals surface area contributed by atoms with Crippen LogP contribution in [0.5, 0.6) is 11.5 Å². The number of aryl methyl sites for hydroxylation is 1. The van der Waals surface area contributed by atoms with Crippen LogP contribution < -0.4 is 9.47 Å². The number of benzene rings is 2. The number of carbonyl (C=O) groups is 1. The number of methoxy groups -OCH3 is 2. The highest BCUT2D eigenvalue weighted by Crippen LogP contribution is 2.42. The number of ether oxygens (including phenoxy) is 2. The summed E-state index contributed by atoms with van der Waals surface area (Å²) in [6.45, 7) is 0.646. The van der Waals surface area contributed by atoms with Crippen molar-refractivity contribution in [2.24, 2.45) is 0 Å². The Hall–Kier alpha value is -2.21. The third kappa shape index (κ3) is 4.40. The number of fused-ring (bicyclic) bond motifs is 1. The fourth-order valence-electron chi connectivity index (χ4n) is 4.09. The fourth-order valence-corrected chi connectivity index (χ4v) is 5.36. The predicted octanol–water partition coefficient (Wildman–Crippen LogP) is 6.18. The minimum Gasteiger partial charge on any atom is -0.493 e. The molecule has 1 atom stereocenters. The summed E-state index contributed by atoms with van der Waals surface area (Å²) in [5.41, 5.74) is 3.15. The number of amides is 1. The highest BCUT2D eigenvalue weighted by molar-refractivity contribution is 7.10. The monoisotopic (exact) mass is 475 g/mol. The Morgan fingerprint density at radius 3 is 2.61 bits per heavy atom. The first-order valence-corrected chi connectivity index (χ1v) is 11.7. The maximum absolute atomic E-state index is 13.4. The smallest absolute Gasteiger partial charge is 0.223 e. The Morgan fingerprint density at radius 2 is 1.90 bits per heavy atom. The summed E-state index contributed by atoms with van der Waals surface area (Å²) >= 11 is 14.1. The molecule has 1 aliphatic rings. The third-order valence-corrected chi connectivity index (χ3v) is 7.43. The molecule has 0 radical (unpaired) electrons. The van der Waals surface area contributed by atoms with Crippen LogP contribution >= 0.6 is 34.5 Å². The molecular weight excluding hydrogens is 453 g/mol. The van der Waals surface area contributed by atoms with Gasteiger partial charge in [-0.25, -0.2) is 0 Å². The topological polar surface area (TPSA) is 38.8 Å². The van der Waals surface area contributed by atoms with Gasteiger partial charge in [-0.1, -0.05) is 41.4 Å². The molecule has 1 aromatic heterocycles. The van der Waals surface area contributed by atoms with E-state index in [0.717, 1.165) is 22.4 Å². The summed E-state index contributed by atoms with van der Waals surface area (Å²) in [7, 11) is 3.27. The Bertz CT molecular complexity index is 1080. The van der Waals surface area contributed by atoms with Gasteiger partial charge in [0.1, 0.15) is 0 Å². The van der Waals surface area contributed by atoms with Crippen molar-refractivity contribution in [3.8, 4) is 11.5 Å². The van der Waals surface area contributed by atoms with E-state index in [0.29, 0.717) is 40.9 Å². The number of rotatable bonds is 6. The second-order valence-electron chi connectivity index (χ2n) is 7.37. The number of hydrogen-bond acceptors (Lipinski definition) is 4. The van der Waals surface area contributed by atoms with E-state index < -0.39 is 0 Å². The van der Waals surface area contributed by atoms with Crippen LogP contribution in [0.4, 0.5) is 0 Å². The van der Waals surface area contributed by atoms with Gasteiger partial charge in [0.15, 0.2) is 11.5 Å². The SMILES string of the molecule is COc1cc2c(cc1OC)C(c1cccs1)N(C(=O)CCc1cccc(Cl)c1Cl)CC2. The van der Waals surface area contributed by atoms with Crippen molar-refractivity contribution in [2.75, 3.05) is 20.8 Å². The van der Waals surface area contributed by atoms with Crippen LogP contribution in [-0.2, 0) is 17.6 Å². The summed E-state index contributed by atoms with van der Waals surface area (Å²) in [5.74, 6) is 1.47. The highest BCUT2D eigenvalue weighted by atomic mass is 35.5. The maximum Gasteiger partial charge on any atom is 0.223 e. The molecule has 1 aliphatic heterocycles. The summed E-state index contributed by atoms with van der Waals surface area (Å²) < 4.78 is 11.0. The zero-order valence-electron chi connectivity index (χ0n) is 17.4. The molecule has 31 heavy (non-hydrogen) atoms. The molecule has 0 bridgehead atoms. The first-order chi connectivity index (χ1) is 15.0. The van der Waals surface area contributed by atoms with E-state index in [1.54, 1.807) is 31.6 Å². The minimum atomic E-state index is -0.147. The van der Waals surface area contributed by atoms with E-state index in [1.807, 2.05) is 40.6 Å². The van der Waals surface area contributed by atoms with Gasteiger partial charge < -0.3 is 14.4 Å². The molecule has 2 aromatic carbocycles. The Kier molecular flexibility index (Phi) is 6.75. The Balaban J connectivity index is 1.65. The first-order valence-electron chi connectivity index (χ1n) is 10.0. The number of thiophene rings is 1. The third-order valence-electron chi connectivity index (χ3n) is 5.65. The van der Waals surface area contributed by atoms with Gasteiger partial charge in [-0.3, -0.25) is 4.79 Å². The standard InChI is InChI=1S/C24H23Cl2NO3S/c1-29-19-13-16-10-11-27(22(28)9-8-15-5-3-6-18(25)23(15)26)24(21-7-4-12-31-21)17(16)14-20(19)30-2/h3-7,12-14,24H,8-11H2,1-2H3. The first kappa shape index (κ1) is 22.0. The minimum absolute atomic E-state index is 0.0925. The van der Waals surface area contributed by atoms with E-state index in [2.05, 4.69) is 6.07 Å². The fraction of sp³-hybridized carbons (Fsp3) is 0.292. The lowest BCUT2D eigenvalue weighted by Gasteiger charge is -2.37. The second kappa shape index (κ2) is 9.51. The summed E-state index contributed by atoms with van der Waals surface area (Å²) in [6, 6.07) is 13.5. The van der Waals surface area contributed by atoms with Crippen molar-refractivity contribution in [2.45, 2.75) is 25.3 Å². The van der Waals surface area contributed by atoms with Crippen LogP contribution in [0.25, 0.3) is 0 Å². The van der Waals surface area contributed by atoms with Crippen LogP contribution in [0.2, 0.25) is 10.0 Å². The number of nitrogens with zero attached hydrogens (tertiary/aromatic N) is 1. The predicted molar refractivity (Wildman–Crippen MR) is 126 cm³/mol. The normalized spacial score (nSPS) is 15.5. The molecule has 0 N–H and O–H groups in total. The zero-order valence-corrected chi connectivity index (χ0v) is 19.7. The second-order valence-corrected chi connectivity index (χ2v) is 9.14. The lowest BCUT2D eigenvalue weighted by molar-refractivity contribution is -0.133. The lowest BCUT2D eigenvalue weighted by Crippen LogP contribution is -2.40. The highest BCUT2D eigenvalue weighted by Gasteiger charge is 2.33. The number of hydrogen-bond donors (Lipinski definition) is 0. The molecule has 1 amide bonds. The van der Waals surface area contributed by atoms with Gasteiger partial charge in [-0.2, -0.15) is 0 Å². The van der Waals surface area contributed by atoms with E-state index in [1.165, 1.54) is 5.56 Å². The van der Waals surface area contributed by atoms with E-state index in [-0.39, 0.29) is 11.9 Å². The summed E-state index contributed by atoms with van der Waals surface area (Å²) in [6.07, 6.45) is 1.68. The summed E-state index contributed by atoms with van der Waals surface area (Å²) in [5, 5.41) is 3.07. The van der Waals surface area contributed by atoms with Crippen molar-refractivity contribution in [1.82, 2.24) is 4.90 Å². The van der Waals surface area contributed by atoms with E-state index >= 15 is 0 Å². The van der Waals surface area contributed by atoms with Gasteiger partial charge in [0.05, 0.1) is 30.3 Å². The van der Waals surface area contributed by atoms with Crippen molar-refractivity contribution < 1.29 is 14.3 Å². The molecule has 1 unspecified atom stereocenters. The van der Waals surface area contributed by atoms with E-state index in [9.17, 15) is 4.79 Å². The molecule has 0 saturated carbocycles. The van der Waals surface area contributed by atoms with Crippen LogP contribution in [0.1, 0.15) is 34.0 Å². The van der Waals surface area contributed by atoms with Crippen LogP contribution in [0.3, 0.4) is 0 Å². The molecule has 0 spiro atoms. The number of halogens is 2. The van der Waals surface area contributed by atoms with Crippen molar-refractivity contribution in [1.29, 1.82) is 0 Å². The van der Waals surface area contributed by atoms with Gasteiger partial charge in [-0.05, 0) is 59.2 Å². The zero-order chi connectivity index (χ0) is 22.0. The maximum atomic E-state index is 13.4. The largest absolute Gasteiger partial charge is 0.493 e. The van der Waals surface area contributed by atoms with Crippen LogP contribution in [0, 0.1) is 0 Å². The van der Waals surface area contributed by atoms with Crippen LogP contribution in [0.15, 0.2) is 47.8 Å². The van der Waals surface area contributed by atoms with Gasteiger partial charge in [0.2, 0.25) is 5.91 Å². The van der Waals surface area contributed by atoms with Crippen molar-refractivity contribution in [3.63, 3.8) is 0 Å². The van der Waals surface area contributed by atoms with Gasteiger partial charge in [0.25, 0.3) is 0 Å². The Morgan fingerprint density at radius 1 is 1.13 bits per heavy atom. The average molecular weight is 476 g/mol. The average Bonchev–Trinajstić information content (AvgIpc) is 3.32. The van der Waals surface area contributed by atoms with Crippen molar-refractivity contribution >= 4 is 40.4 Å². The van der Waals surface area contributed by atoms with Gasteiger partial charge >= 0.3 is 0 Å². The molecule has 162 valence electrons. The van der Waals surface area contributed by atoms with Crippen molar-refractivity contribution in [3.05, 3.63) is 79.5 Å². The Labute approximate surface area is 196 Å². The molecule has 2 heterocycles. The van der Waals surface area contributed by atoms with Crippen LogP contribution in [-0.4, -0.2) is 31.6 Å². The van der Waals surface area contributed by atoms with Gasteiger partial charge in [0, 0.05) is 17.8 Å². The quantitative estimate of drug-likeness (QED) is 0.427. The molecule has 3 aromatic rings. The molecule has 0 saturated heterocycles. The molecule has 7 heteroatoms. The van der Waals surface area contributed by atoms with E-state index in [4.69, 9.17) is 32.7 Å². The molecule has 0 aliphatic carbocycles. The molecule has 0 fully saturated rings. The molecule has 4 rings (SSSR count). The lowest BCUT2D eigenvalue weighted by atomic mass is 9.90. The number of carbonyl (C=O) groups excluding carboxylic acids is 1.